The molecule has 0 aromatic heterocycles. The zero-order chi connectivity index (χ0) is 14.3. The molecular weight excluding hydrogens is 252 g/mol. The highest BCUT2D eigenvalue weighted by Gasteiger charge is 2.54. The Bertz CT molecular complexity index is 366. The van der Waals surface area contributed by atoms with Crippen LogP contribution in [0.3, 0.4) is 0 Å². The van der Waals surface area contributed by atoms with E-state index in [0.29, 0.717) is 26.0 Å². The maximum Gasteiger partial charge on any atom is 0.340 e. The van der Waals surface area contributed by atoms with Crippen molar-refractivity contribution in [2.75, 3.05) is 33.9 Å². The van der Waals surface area contributed by atoms with Gasteiger partial charge in [-0.15, -0.1) is 0 Å². The molecule has 19 heavy (non-hydrogen) atoms. The molecule has 1 aliphatic heterocycles. The minimum atomic E-state index is -1.56. The zero-order valence-corrected chi connectivity index (χ0v) is 11.3. The van der Waals surface area contributed by atoms with Crippen molar-refractivity contribution in [2.24, 2.45) is 5.16 Å². The molecule has 1 fully saturated rings. The van der Waals surface area contributed by atoms with Crippen molar-refractivity contribution in [1.29, 1.82) is 5.26 Å². The summed E-state index contributed by atoms with van der Waals surface area (Å²) in [6.07, 6.45) is 0.470. The molecular formula is C11H18N4O4. The Morgan fingerprint density at radius 1 is 1.68 bits per heavy atom. The van der Waals surface area contributed by atoms with Gasteiger partial charge in [-0.1, -0.05) is 5.16 Å². The van der Waals surface area contributed by atoms with Crippen molar-refractivity contribution in [2.45, 2.75) is 18.9 Å². The van der Waals surface area contributed by atoms with Crippen LogP contribution in [-0.2, 0) is 19.1 Å². The Balaban J connectivity index is 3.06. The summed E-state index contributed by atoms with van der Waals surface area (Å²) < 4.78 is 10.8. The number of rotatable bonds is 6. The molecule has 0 spiro atoms. The molecule has 0 aliphatic carbocycles. The summed E-state index contributed by atoms with van der Waals surface area (Å²) in [7, 11) is 3.54. The molecule has 8 nitrogen and oxygen atoms in total. The van der Waals surface area contributed by atoms with E-state index < -0.39 is 12.0 Å². The lowest BCUT2D eigenvalue weighted by Crippen LogP contribution is -2.66. The first-order valence-corrected chi connectivity index (χ1v) is 5.87. The largest absolute Gasteiger partial charge is 0.350 e. The van der Waals surface area contributed by atoms with E-state index in [1.165, 1.54) is 0 Å². The summed E-state index contributed by atoms with van der Waals surface area (Å²) >= 11 is 0. The minimum absolute atomic E-state index is 0.357. The maximum atomic E-state index is 10.3. The fourth-order valence-electron chi connectivity index (χ4n) is 1.81. The zero-order valence-electron chi connectivity index (χ0n) is 11.3. The summed E-state index contributed by atoms with van der Waals surface area (Å²) in [6, 6.07) is 2.03. The number of carbonyl (C=O) groups is 1. The van der Waals surface area contributed by atoms with Crippen LogP contribution in [0.5, 0.6) is 0 Å². The van der Waals surface area contributed by atoms with E-state index in [9.17, 15) is 10.1 Å². The third-order valence-corrected chi connectivity index (χ3v) is 2.55. The van der Waals surface area contributed by atoms with Crippen LogP contribution in [0.2, 0.25) is 0 Å². The van der Waals surface area contributed by atoms with E-state index in [0.717, 1.165) is 6.21 Å². The summed E-state index contributed by atoms with van der Waals surface area (Å²) in [5.74, 6) is 0. The number of hydrazine groups is 1. The first-order valence-electron chi connectivity index (χ1n) is 5.87. The third-order valence-electron chi connectivity index (χ3n) is 2.55. The Hall–Kier alpha value is -1.53. The van der Waals surface area contributed by atoms with Crippen LogP contribution in [0.1, 0.15) is 6.92 Å². The van der Waals surface area contributed by atoms with Gasteiger partial charge in [0.1, 0.15) is 12.3 Å². The van der Waals surface area contributed by atoms with Gasteiger partial charge in [0.15, 0.2) is 6.29 Å². The van der Waals surface area contributed by atoms with Crippen LogP contribution in [-0.4, -0.2) is 68.4 Å². The van der Waals surface area contributed by atoms with Gasteiger partial charge in [-0.25, -0.2) is 5.01 Å². The second-order valence-electron chi connectivity index (χ2n) is 3.92. The van der Waals surface area contributed by atoms with Gasteiger partial charge >= 0.3 is 5.72 Å². The van der Waals surface area contributed by atoms with Gasteiger partial charge in [0.2, 0.25) is 6.29 Å². The van der Waals surface area contributed by atoms with Gasteiger partial charge in [0.25, 0.3) is 0 Å². The van der Waals surface area contributed by atoms with Crippen LogP contribution in [0.25, 0.3) is 0 Å². The molecule has 1 heterocycles. The highest BCUT2D eigenvalue weighted by Crippen LogP contribution is 2.29. The molecule has 1 aliphatic rings. The lowest BCUT2D eigenvalue weighted by molar-refractivity contribution is -0.341. The molecule has 0 aromatic carbocycles. The van der Waals surface area contributed by atoms with E-state index in [1.54, 1.807) is 31.0 Å². The van der Waals surface area contributed by atoms with Crippen LogP contribution in [0.15, 0.2) is 5.16 Å². The molecule has 0 saturated carbocycles. The number of hydrogen-bond acceptors (Lipinski definition) is 8. The van der Waals surface area contributed by atoms with Crippen molar-refractivity contribution in [3.63, 3.8) is 0 Å². The smallest absolute Gasteiger partial charge is 0.340 e. The van der Waals surface area contributed by atoms with Crippen molar-refractivity contribution < 1.29 is 19.1 Å². The number of oxime groups is 1. The Labute approximate surface area is 112 Å². The first kappa shape index (κ1) is 15.5. The van der Waals surface area contributed by atoms with Gasteiger partial charge in [0.05, 0.1) is 6.61 Å². The fraction of sp³-hybridized carbons (Fsp3) is 0.727. The molecule has 0 amide bonds. The number of aldehydes is 1. The van der Waals surface area contributed by atoms with Gasteiger partial charge in [-0.05, 0) is 6.92 Å². The number of nitrogens with zero attached hydrogens (tertiary/aromatic N) is 4. The molecule has 2 unspecified atom stereocenters. The van der Waals surface area contributed by atoms with E-state index in [2.05, 4.69) is 5.16 Å². The van der Waals surface area contributed by atoms with E-state index >= 15 is 0 Å². The van der Waals surface area contributed by atoms with Crippen LogP contribution in [0.4, 0.5) is 0 Å². The van der Waals surface area contributed by atoms with Gasteiger partial charge in [-0.2, -0.15) is 10.3 Å². The molecule has 8 heteroatoms. The Morgan fingerprint density at radius 2 is 2.42 bits per heavy atom. The average molecular weight is 270 g/mol. The van der Waals surface area contributed by atoms with Crippen molar-refractivity contribution >= 4 is 12.5 Å². The van der Waals surface area contributed by atoms with Crippen molar-refractivity contribution in [3.8, 4) is 6.07 Å². The van der Waals surface area contributed by atoms with Gasteiger partial charge in [0, 0.05) is 27.2 Å². The number of morpholine rings is 1. The van der Waals surface area contributed by atoms with Crippen molar-refractivity contribution in [1.82, 2.24) is 10.0 Å². The van der Waals surface area contributed by atoms with Gasteiger partial charge in [-0.3, -0.25) is 4.79 Å². The first-order chi connectivity index (χ1) is 9.12. The molecule has 106 valence electrons. The Morgan fingerprint density at radius 3 is 2.95 bits per heavy atom. The SMILES string of the molecule is CCOC1OCCN(N(C)C)C1(C#N)ON=CC=O. The van der Waals surface area contributed by atoms with E-state index in [4.69, 9.17) is 14.3 Å². The second-order valence-corrected chi connectivity index (χ2v) is 3.92. The number of hydrogen-bond donors (Lipinski definition) is 0. The third kappa shape index (κ3) is 3.27. The number of ether oxygens (including phenoxy) is 2. The lowest BCUT2D eigenvalue weighted by atomic mass is 10.2. The van der Waals surface area contributed by atoms with E-state index in [-0.39, 0.29) is 0 Å². The predicted octanol–water partition coefficient (Wildman–Crippen LogP) is -0.421. The predicted molar refractivity (Wildman–Crippen MR) is 65.7 cm³/mol. The lowest BCUT2D eigenvalue weighted by Gasteiger charge is -2.46. The van der Waals surface area contributed by atoms with Crippen LogP contribution < -0.4 is 0 Å². The molecule has 2 atom stereocenters. The summed E-state index contributed by atoms with van der Waals surface area (Å²) in [5, 5.41) is 16.3. The normalized spacial score (nSPS) is 28.5. The minimum Gasteiger partial charge on any atom is -0.350 e. The van der Waals surface area contributed by atoms with E-state index in [1.807, 2.05) is 6.07 Å². The number of nitriles is 1. The molecule has 0 aromatic rings. The van der Waals surface area contributed by atoms with Crippen molar-refractivity contribution in [3.05, 3.63) is 0 Å². The quantitative estimate of drug-likeness (QED) is 0.368. The molecule has 1 saturated heterocycles. The second kappa shape index (κ2) is 7.16. The van der Waals surface area contributed by atoms with Gasteiger partial charge < -0.3 is 14.3 Å². The summed E-state index contributed by atoms with van der Waals surface area (Å²) in [4.78, 5) is 15.5. The summed E-state index contributed by atoms with van der Waals surface area (Å²) in [5.41, 5.74) is -1.56. The summed E-state index contributed by atoms with van der Waals surface area (Å²) in [6.45, 7) is 2.98. The van der Waals surface area contributed by atoms with Crippen LogP contribution >= 0.6 is 0 Å². The highest BCUT2D eigenvalue weighted by atomic mass is 16.7. The maximum absolute atomic E-state index is 10.3. The fourth-order valence-corrected chi connectivity index (χ4v) is 1.81. The standard InChI is InChI=1S/C11H18N4O4/c1-4-17-10-11(9-12,19-13-5-7-16)15(14(2)3)6-8-18-10/h5,7,10H,4,6,8H2,1-3H3. The molecule has 0 N–H and O–H groups in total. The number of carbonyl (C=O) groups excluding carboxylic acids is 1. The molecule has 0 bridgehead atoms. The average Bonchev–Trinajstić information content (AvgIpc) is 2.40. The van der Waals surface area contributed by atoms with Crippen LogP contribution in [0, 0.1) is 11.3 Å². The topological polar surface area (TPSA) is 87.4 Å². The Kier molecular flexibility index (Phi) is 5.85. The molecule has 0 radical (unpaired) electrons. The highest BCUT2D eigenvalue weighted by molar-refractivity contribution is 6.12. The monoisotopic (exact) mass is 270 g/mol. The molecule has 1 rings (SSSR count).